The Labute approximate surface area is 152 Å². The van der Waals surface area contributed by atoms with E-state index in [1.54, 1.807) is 6.08 Å². The number of carbonyl (C=O) groups is 1. The summed E-state index contributed by atoms with van der Waals surface area (Å²) in [6, 6.07) is 12.5. The predicted molar refractivity (Wildman–Crippen MR) is 95.5 cm³/mol. The van der Waals surface area contributed by atoms with Crippen LogP contribution in [-0.4, -0.2) is 17.4 Å². The van der Waals surface area contributed by atoms with Crippen LogP contribution in [0.1, 0.15) is 11.1 Å². The highest BCUT2D eigenvalue weighted by Crippen LogP contribution is 2.27. The van der Waals surface area contributed by atoms with Crippen molar-refractivity contribution >= 4 is 35.0 Å². The molecule has 1 fully saturated rings. The highest BCUT2D eigenvalue weighted by Gasteiger charge is 2.33. The van der Waals surface area contributed by atoms with Crippen molar-refractivity contribution in [3.63, 3.8) is 0 Å². The van der Waals surface area contributed by atoms with Crippen LogP contribution in [0.3, 0.4) is 0 Å². The number of aryl methyl sites for hydroxylation is 1. The quantitative estimate of drug-likeness (QED) is 0.643. The number of nitrogens with one attached hydrogen (secondary N) is 1. The maximum absolute atomic E-state index is 12.6. The van der Waals surface area contributed by atoms with Crippen LogP contribution in [0.15, 0.2) is 54.2 Å². The number of nitrogens with zero attached hydrogens (tertiary/aromatic N) is 1. The minimum absolute atomic E-state index is 0.151. The summed E-state index contributed by atoms with van der Waals surface area (Å²) in [6.07, 6.45) is -3.10. The molecule has 26 heavy (non-hydrogen) atoms. The van der Waals surface area contributed by atoms with Crippen molar-refractivity contribution < 1.29 is 22.7 Å². The van der Waals surface area contributed by atoms with E-state index in [1.165, 1.54) is 17.0 Å². The molecule has 3 rings (SSSR count). The fourth-order valence-corrected chi connectivity index (χ4v) is 2.79. The summed E-state index contributed by atoms with van der Waals surface area (Å²) < 4.78 is 40.5. The first-order valence-corrected chi connectivity index (χ1v) is 7.93. The number of halogens is 3. The Balaban J connectivity index is 1.83. The average Bonchev–Trinajstić information content (AvgIpc) is 2.81. The molecule has 8 heteroatoms. The molecule has 1 aliphatic heterocycles. The molecule has 1 heterocycles. The summed E-state index contributed by atoms with van der Waals surface area (Å²) in [7, 11) is 0. The SMILES string of the molecule is Cc1cccc(/C=C2\NC(=S)N(c3ccc(OC(F)(F)F)cc3)C2=O)c1. The molecule has 0 bridgehead atoms. The van der Waals surface area contributed by atoms with Gasteiger partial charge in [-0.3, -0.25) is 9.69 Å². The number of hydrogen-bond donors (Lipinski definition) is 1. The zero-order chi connectivity index (χ0) is 18.9. The maximum Gasteiger partial charge on any atom is 0.573 e. The second kappa shape index (κ2) is 6.80. The monoisotopic (exact) mass is 378 g/mol. The summed E-state index contributed by atoms with van der Waals surface area (Å²) in [5, 5.41) is 2.98. The largest absolute Gasteiger partial charge is 0.573 e. The molecule has 0 saturated carbocycles. The number of rotatable bonds is 3. The van der Waals surface area contributed by atoms with Gasteiger partial charge in [-0.1, -0.05) is 29.8 Å². The van der Waals surface area contributed by atoms with Gasteiger partial charge in [0.1, 0.15) is 11.4 Å². The van der Waals surface area contributed by atoms with E-state index >= 15 is 0 Å². The summed E-state index contributed by atoms with van der Waals surface area (Å²) in [6.45, 7) is 1.94. The standard InChI is InChI=1S/C18H13F3N2O2S/c1-11-3-2-4-12(9-11)10-15-16(24)23(17(26)22-15)13-5-7-14(8-6-13)25-18(19,20)21/h2-10H,1H3,(H,22,26)/b15-10-. The van der Waals surface area contributed by atoms with Gasteiger partial charge in [-0.05, 0) is 55.0 Å². The van der Waals surface area contributed by atoms with Crippen LogP contribution in [0.25, 0.3) is 6.08 Å². The number of ether oxygens (including phenoxy) is 1. The number of alkyl halides is 3. The van der Waals surface area contributed by atoms with Gasteiger partial charge < -0.3 is 10.1 Å². The smallest absolute Gasteiger partial charge is 0.406 e. The van der Waals surface area contributed by atoms with Gasteiger partial charge in [0.2, 0.25) is 0 Å². The second-order valence-corrected chi connectivity index (χ2v) is 5.97. The average molecular weight is 378 g/mol. The molecule has 2 aromatic rings. The van der Waals surface area contributed by atoms with Crippen molar-refractivity contribution in [3.8, 4) is 5.75 Å². The van der Waals surface area contributed by atoms with Gasteiger partial charge in [-0.25, -0.2) is 0 Å². The molecule has 134 valence electrons. The highest BCUT2D eigenvalue weighted by molar-refractivity contribution is 7.80. The molecule has 1 aliphatic rings. The van der Waals surface area contributed by atoms with Crippen molar-refractivity contribution in [2.75, 3.05) is 4.90 Å². The van der Waals surface area contributed by atoms with Crippen molar-refractivity contribution in [1.82, 2.24) is 5.32 Å². The molecular weight excluding hydrogens is 365 g/mol. The highest BCUT2D eigenvalue weighted by atomic mass is 32.1. The molecule has 2 aromatic carbocycles. The maximum atomic E-state index is 12.6. The third kappa shape index (κ3) is 4.02. The van der Waals surface area contributed by atoms with E-state index in [-0.39, 0.29) is 22.5 Å². The zero-order valence-electron chi connectivity index (χ0n) is 13.5. The van der Waals surface area contributed by atoms with Crippen molar-refractivity contribution in [1.29, 1.82) is 0 Å². The molecule has 0 aromatic heterocycles. The van der Waals surface area contributed by atoms with Gasteiger partial charge in [0.05, 0.1) is 5.69 Å². The van der Waals surface area contributed by atoms with Crippen LogP contribution in [-0.2, 0) is 4.79 Å². The minimum Gasteiger partial charge on any atom is -0.406 e. The van der Waals surface area contributed by atoms with Crippen molar-refractivity contribution in [2.45, 2.75) is 13.3 Å². The van der Waals surface area contributed by atoms with E-state index in [0.29, 0.717) is 5.69 Å². The Morgan fingerprint density at radius 2 is 1.85 bits per heavy atom. The molecule has 1 saturated heterocycles. The molecule has 4 nitrogen and oxygen atoms in total. The first kappa shape index (κ1) is 17.9. The first-order valence-electron chi connectivity index (χ1n) is 7.52. The number of thiocarbonyl (C=S) groups is 1. The minimum atomic E-state index is -4.77. The number of anilines is 1. The summed E-state index contributed by atoms with van der Waals surface area (Å²) in [5.74, 6) is -0.761. The van der Waals surface area contributed by atoms with Crippen LogP contribution in [0, 0.1) is 6.92 Å². The van der Waals surface area contributed by atoms with Gasteiger partial charge >= 0.3 is 6.36 Å². The van der Waals surface area contributed by atoms with Gasteiger partial charge in [-0.15, -0.1) is 13.2 Å². The van der Waals surface area contributed by atoms with Crippen LogP contribution < -0.4 is 15.0 Å². The normalized spacial score (nSPS) is 16.2. The Morgan fingerprint density at radius 3 is 2.46 bits per heavy atom. The molecule has 0 spiro atoms. The van der Waals surface area contributed by atoms with Crippen molar-refractivity contribution in [3.05, 3.63) is 65.4 Å². The molecular formula is C18H13F3N2O2S. The third-order valence-electron chi connectivity index (χ3n) is 3.56. The van der Waals surface area contributed by atoms with Crippen LogP contribution >= 0.6 is 12.2 Å². The lowest BCUT2D eigenvalue weighted by Gasteiger charge is -2.15. The summed E-state index contributed by atoms with van der Waals surface area (Å²) >= 11 is 5.18. The van der Waals surface area contributed by atoms with E-state index in [0.717, 1.165) is 23.3 Å². The third-order valence-corrected chi connectivity index (χ3v) is 3.84. The Kier molecular flexibility index (Phi) is 4.69. The lowest BCUT2D eigenvalue weighted by molar-refractivity contribution is -0.274. The lowest BCUT2D eigenvalue weighted by Crippen LogP contribution is -2.30. The molecule has 1 amide bonds. The Bertz CT molecular complexity index is 892. The lowest BCUT2D eigenvalue weighted by atomic mass is 10.1. The molecule has 0 aliphatic carbocycles. The second-order valence-electron chi connectivity index (χ2n) is 5.58. The number of carbonyl (C=O) groups excluding carboxylic acids is 1. The molecule has 0 unspecified atom stereocenters. The summed E-state index contributed by atoms with van der Waals surface area (Å²) in [5.41, 5.74) is 2.51. The Hall–Kier alpha value is -2.87. The molecule has 1 N–H and O–H groups in total. The topological polar surface area (TPSA) is 41.6 Å². The van der Waals surface area contributed by atoms with Gasteiger partial charge in [0.15, 0.2) is 5.11 Å². The first-order chi connectivity index (χ1) is 12.2. The molecule has 0 atom stereocenters. The fourth-order valence-electron chi connectivity index (χ4n) is 2.49. The van der Waals surface area contributed by atoms with Gasteiger partial charge in [0, 0.05) is 0 Å². The Morgan fingerprint density at radius 1 is 1.15 bits per heavy atom. The number of hydrogen-bond acceptors (Lipinski definition) is 3. The van der Waals surface area contributed by atoms with E-state index in [2.05, 4.69) is 10.1 Å². The summed E-state index contributed by atoms with van der Waals surface area (Å²) in [4.78, 5) is 13.8. The van der Waals surface area contributed by atoms with Gasteiger partial charge in [0.25, 0.3) is 5.91 Å². The van der Waals surface area contributed by atoms with E-state index in [9.17, 15) is 18.0 Å². The van der Waals surface area contributed by atoms with Gasteiger partial charge in [-0.2, -0.15) is 0 Å². The predicted octanol–water partition coefficient (Wildman–Crippen LogP) is 4.16. The number of benzene rings is 2. The van der Waals surface area contributed by atoms with E-state index in [1.807, 2.05) is 31.2 Å². The zero-order valence-corrected chi connectivity index (χ0v) is 14.3. The van der Waals surface area contributed by atoms with Crippen LogP contribution in [0.4, 0.5) is 18.9 Å². The van der Waals surface area contributed by atoms with Crippen molar-refractivity contribution in [2.24, 2.45) is 0 Å². The van der Waals surface area contributed by atoms with Crippen LogP contribution in [0.5, 0.6) is 5.75 Å². The van der Waals surface area contributed by atoms with E-state index < -0.39 is 6.36 Å². The molecule has 0 radical (unpaired) electrons. The number of amides is 1. The fraction of sp³-hybridized carbons (Fsp3) is 0.111. The van der Waals surface area contributed by atoms with Crippen LogP contribution in [0.2, 0.25) is 0 Å². The van der Waals surface area contributed by atoms with E-state index in [4.69, 9.17) is 12.2 Å².